The molecule has 114 valence electrons. The number of hydrogen-bond donors (Lipinski definition) is 1. The van der Waals surface area contributed by atoms with E-state index in [1.54, 1.807) is 31.2 Å². The van der Waals surface area contributed by atoms with E-state index < -0.39 is 16.1 Å². The number of hydrogen-bond acceptors (Lipinski definition) is 6. The van der Waals surface area contributed by atoms with Crippen molar-refractivity contribution in [2.45, 2.75) is 17.9 Å². The van der Waals surface area contributed by atoms with Crippen molar-refractivity contribution in [1.82, 2.24) is 14.9 Å². The Labute approximate surface area is 127 Å². The number of furan rings is 1. The normalized spacial score (nSPS) is 13.1. The summed E-state index contributed by atoms with van der Waals surface area (Å²) in [6.45, 7) is 1.64. The summed E-state index contributed by atoms with van der Waals surface area (Å²) in [7, 11) is -3.77. The van der Waals surface area contributed by atoms with Crippen LogP contribution in [0.4, 0.5) is 0 Å². The molecule has 0 saturated carbocycles. The second-order valence-electron chi connectivity index (χ2n) is 4.60. The van der Waals surface area contributed by atoms with Crippen molar-refractivity contribution in [3.8, 4) is 0 Å². The zero-order valence-corrected chi connectivity index (χ0v) is 12.4. The van der Waals surface area contributed by atoms with Crippen LogP contribution in [0.15, 0.2) is 62.8 Å². The van der Waals surface area contributed by atoms with Gasteiger partial charge in [-0.2, -0.15) is 9.71 Å². The third-order valence-electron chi connectivity index (χ3n) is 3.01. The first-order chi connectivity index (χ1) is 10.6. The molecule has 2 aromatic heterocycles. The molecular formula is C14H13N3O4S. The van der Waals surface area contributed by atoms with Crippen LogP contribution in [-0.2, 0) is 10.0 Å². The van der Waals surface area contributed by atoms with Crippen molar-refractivity contribution in [3.05, 3.63) is 66.2 Å². The molecule has 0 aliphatic rings. The summed E-state index contributed by atoms with van der Waals surface area (Å²) < 4.78 is 37.2. The van der Waals surface area contributed by atoms with Gasteiger partial charge in [-0.1, -0.05) is 35.5 Å². The van der Waals surface area contributed by atoms with Gasteiger partial charge in [-0.05, 0) is 11.6 Å². The van der Waals surface area contributed by atoms with E-state index in [2.05, 4.69) is 14.9 Å². The van der Waals surface area contributed by atoms with Crippen molar-refractivity contribution >= 4 is 10.0 Å². The van der Waals surface area contributed by atoms with Crippen LogP contribution in [0.2, 0.25) is 0 Å². The summed E-state index contributed by atoms with van der Waals surface area (Å²) in [6, 6.07) is 9.64. The van der Waals surface area contributed by atoms with Gasteiger partial charge in [0, 0.05) is 6.92 Å². The van der Waals surface area contributed by atoms with Gasteiger partial charge in [-0.3, -0.25) is 0 Å². The zero-order chi connectivity index (χ0) is 15.6. The number of sulfonamides is 1. The van der Waals surface area contributed by atoms with Crippen molar-refractivity contribution < 1.29 is 17.4 Å². The van der Waals surface area contributed by atoms with Gasteiger partial charge in [-0.25, -0.2) is 8.42 Å². The fourth-order valence-corrected chi connectivity index (χ4v) is 3.08. The molecule has 1 atom stereocenters. The number of aryl methyl sites for hydroxylation is 1. The number of aromatic nitrogens is 2. The summed E-state index contributed by atoms with van der Waals surface area (Å²) in [5.41, 5.74) is 0.704. The van der Waals surface area contributed by atoms with E-state index in [9.17, 15) is 8.42 Å². The predicted molar refractivity (Wildman–Crippen MR) is 76.3 cm³/mol. The van der Waals surface area contributed by atoms with Crippen LogP contribution in [0.25, 0.3) is 0 Å². The molecule has 1 unspecified atom stereocenters. The minimum atomic E-state index is -3.77. The van der Waals surface area contributed by atoms with Gasteiger partial charge in [0.05, 0.1) is 6.26 Å². The van der Waals surface area contributed by atoms with Gasteiger partial charge < -0.3 is 8.94 Å². The lowest BCUT2D eigenvalue weighted by molar-refractivity contribution is 0.384. The summed E-state index contributed by atoms with van der Waals surface area (Å²) in [6.07, 6.45) is 2.45. The molecule has 0 bridgehead atoms. The smallest absolute Gasteiger partial charge is 0.244 e. The predicted octanol–water partition coefficient (Wildman–Crippen LogP) is 2.04. The Bertz CT molecular complexity index is 841. The molecule has 0 aliphatic carbocycles. The van der Waals surface area contributed by atoms with E-state index in [1.807, 2.05) is 6.07 Å². The van der Waals surface area contributed by atoms with Crippen molar-refractivity contribution in [1.29, 1.82) is 0 Å². The second kappa shape index (κ2) is 5.74. The molecule has 8 heteroatoms. The largest absolute Gasteiger partial charge is 0.471 e. The average molecular weight is 319 g/mol. The van der Waals surface area contributed by atoms with Crippen LogP contribution in [-0.4, -0.2) is 18.6 Å². The van der Waals surface area contributed by atoms with E-state index in [0.29, 0.717) is 11.5 Å². The quantitative estimate of drug-likeness (QED) is 0.772. The van der Waals surface area contributed by atoms with Crippen LogP contribution < -0.4 is 4.72 Å². The van der Waals surface area contributed by atoms with Gasteiger partial charge in [0.25, 0.3) is 0 Å². The molecule has 3 rings (SSSR count). The van der Waals surface area contributed by atoms with E-state index in [0.717, 1.165) is 6.26 Å². The molecule has 7 nitrogen and oxygen atoms in total. The van der Waals surface area contributed by atoms with E-state index in [1.165, 1.54) is 12.3 Å². The highest BCUT2D eigenvalue weighted by atomic mass is 32.2. The summed E-state index contributed by atoms with van der Waals surface area (Å²) in [5.74, 6) is 0.606. The lowest BCUT2D eigenvalue weighted by Gasteiger charge is -2.15. The SMILES string of the molecule is Cc1nc(C(NS(=O)(=O)c2ccoc2)c2ccccc2)no1. The molecule has 2 heterocycles. The molecule has 0 amide bonds. The van der Waals surface area contributed by atoms with Crippen LogP contribution in [0.1, 0.15) is 23.3 Å². The highest BCUT2D eigenvalue weighted by molar-refractivity contribution is 7.89. The first-order valence-electron chi connectivity index (χ1n) is 6.46. The third kappa shape index (κ3) is 2.92. The minimum absolute atomic E-state index is 0.0358. The molecule has 0 radical (unpaired) electrons. The van der Waals surface area contributed by atoms with Crippen LogP contribution in [0.5, 0.6) is 0 Å². The Morgan fingerprint density at radius 2 is 1.95 bits per heavy atom. The van der Waals surface area contributed by atoms with Gasteiger partial charge in [-0.15, -0.1) is 0 Å². The van der Waals surface area contributed by atoms with Crippen LogP contribution in [0, 0.1) is 6.92 Å². The highest BCUT2D eigenvalue weighted by Crippen LogP contribution is 2.22. The van der Waals surface area contributed by atoms with Gasteiger partial charge in [0.1, 0.15) is 17.2 Å². The first kappa shape index (κ1) is 14.5. The number of nitrogens with one attached hydrogen (secondary N) is 1. The van der Waals surface area contributed by atoms with Crippen molar-refractivity contribution in [2.24, 2.45) is 0 Å². The lowest BCUT2D eigenvalue weighted by atomic mass is 10.1. The van der Waals surface area contributed by atoms with Gasteiger partial charge in [0.15, 0.2) is 5.82 Å². The van der Waals surface area contributed by atoms with Crippen LogP contribution >= 0.6 is 0 Å². The molecular weight excluding hydrogens is 306 g/mol. The number of rotatable bonds is 5. The summed E-state index contributed by atoms with van der Waals surface area (Å²) >= 11 is 0. The third-order valence-corrected chi connectivity index (χ3v) is 4.41. The molecule has 1 N–H and O–H groups in total. The maximum Gasteiger partial charge on any atom is 0.244 e. The fraction of sp³-hybridized carbons (Fsp3) is 0.143. The van der Waals surface area contributed by atoms with Gasteiger partial charge >= 0.3 is 0 Å². The molecule has 0 aliphatic heterocycles. The number of benzene rings is 1. The Morgan fingerprint density at radius 1 is 1.18 bits per heavy atom. The molecule has 0 spiro atoms. The number of nitrogens with zero attached hydrogens (tertiary/aromatic N) is 2. The van der Waals surface area contributed by atoms with Gasteiger partial charge in [0.2, 0.25) is 15.9 Å². The monoisotopic (exact) mass is 319 g/mol. The highest BCUT2D eigenvalue weighted by Gasteiger charge is 2.27. The van der Waals surface area contributed by atoms with Crippen molar-refractivity contribution in [2.75, 3.05) is 0 Å². The van der Waals surface area contributed by atoms with E-state index in [-0.39, 0.29) is 10.7 Å². The topological polar surface area (TPSA) is 98.2 Å². The summed E-state index contributed by atoms with van der Waals surface area (Å²) in [5, 5.41) is 3.82. The molecule has 22 heavy (non-hydrogen) atoms. The van der Waals surface area contributed by atoms with Crippen LogP contribution in [0.3, 0.4) is 0 Å². The van der Waals surface area contributed by atoms with Crippen molar-refractivity contribution in [3.63, 3.8) is 0 Å². The van der Waals surface area contributed by atoms with E-state index >= 15 is 0 Å². The Kier molecular flexibility index (Phi) is 3.78. The lowest BCUT2D eigenvalue weighted by Crippen LogP contribution is -2.30. The average Bonchev–Trinajstić information content (AvgIpc) is 3.17. The molecule has 0 saturated heterocycles. The maximum atomic E-state index is 12.4. The molecule has 1 aromatic carbocycles. The standard InChI is InChI=1S/C14H13N3O4S/c1-10-15-14(16-21-10)13(11-5-3-2-4-6-11)17-22(18,19)12-7-8-20-9-12/h2-9,13,17H,1H3. The fourth-order valence-electron chi connectivity index (χ4n) is 1.98. The molecule has 3 aromatic rings. The Hall–Kier alpha value is -2.45. The minimum Gasteiger partial charge on any atom is -0.471 e. The maximum absolute atomic E-state index is 12.4. The molecule has 0 fully saturated rings. The first-order valence-corrected chi connectivity index (χ1v) is 7.94. The zero-order valence-electron chi connectivity index (χ0n) is 11.6. The second-order valence-corrected chi connectivity index (χ2v) is 6.31. The Balaban J connectivity index is 2.00. The summed E-state index contributed by atoms with van der Waals surface area (Å²) in [4.78, 5) is 4.16. The van der Waals surface area contributed by atoms with E-state index in [4.69, 9.17) is 8.94 Å². The Morgan fingerprint density at radius 3 is 2.55 bits per heavy atom.